The first-order chi connectivity index (χ1) is 15.9. The van der Waals surface area contributed by atoms with Crippen LogP contribution < -0.4 is 9.47 Å². The minimum Gasteiger partial charge on any atom is -0.493 e. The molecule has 0 amide bonds. The van der Waals surface area contributed by atoms with Crippen molar-refractivity contribution in [3.63, 3.8) is 0 Å². The summed E-state index contributed by atoms with van der Waals surface area (Å²) in [6.07, 6.45) is 1.68. The second kappa shape index (κ2) is 9.74. The van der Waals surface area contributed by atoms with Crippen molar-refractivity contribution < 1.29 is 19.0 Å². The van der Waals surface area contributed by atoms with E-state index in [4.69, 9.17) is 14.2 Å². The summed E-state index contributed by atoms with van der Waals surface area (Å²) in [5.41, 5.74) is 5.28. The van der Waals surface area contributed by atoms with Crippen LogP contribution >= 0.6 is 0 Å². The van der Waals surface area contributed by atoms with Crippen molar-refractivity contribution in [2.45, 2.75) is 33.3 Å². The number of hydrogen-bond acceptors (Lipinski definition) is 5. The number of rotatable bonds is 7. The summed E-state index contributed by atoms with van der Waals surface area (Å²) in [6.45, 7) is 6.76. The van der Waals surface area contributed by atoms with Gasteiger partial charge in [-0.3, -0.25) is 0 Å². The van der Waals surface area contributed by atoms with Gasteiger partial charge in [-0.1, -0.05) is 61.9 Å². The number of methoxy groups -OCH3 is 1. The lowest BCUT2D eigenvalue weighted by Gasteiger charge is -2.11. The zero-order valence-corrected chi connectivity index (χ0v) is 19.3. The molecular formula is C28H27NO4. The predicted molar refractivity (Wildman–Crippen MR) is 130 cm³/mol. The van der Waals surface area contributed by atoms with E-state index in [1.807, 2.05) is 54.6 Å². The largest absolute Gasteiger partial charge is 0.493 e. The SMILES string of the molecule is COc1cc(/C=C2\N=C(c3ccc(C(C)C)cc3)OC2=O)ccc1OCc1ccc(C)cc1. The van der Waals surface area contributed by atoms with Gasteiger partial charge in [0.25, 0.3) is 0 Å². The molecule has 33 heavy (non-hydrogen) atoms. The number of aliphatic imine (C=N–C) groups is 1. The summed E-state index contributed by atoms with van der Waals surface area (Å²) >= 11 is 0. The van der Waals surface area contributed by atoms with Crippen molar-refractivity contribution in [2.24, 2.45) is 4.99 Å². The molecule has 1 heterocycles. The fourth-order valence-corrected chi connectivity index (χ4v) is 3.44. The van der Waals surface area contributed by atoms with Gasteiger partial charge in [0, 0.05) is 5.56 Å². The molecule has 0 atom stereocenters. The third-order valence-corrected chi connectivity index (χ3v) is 5.45. The third-order valence-electron chi connectivity index (χ3n) is 5.45. The van der Waals surface area contributed by atoms with Gasteiger partial charge in [-0.25, -0.2) is 9.79 Å². The molecule has 3 aromatic rings. The van der Waals surface area contributed by atoms with Crippen LogP contribution in [0.2, 0.25) is 0 Å². The van der Waals surface area contributed by atoms with Crippen molar-refractivity contribution in [2.75, 3.05) is 7.11 Å². The molecule has 0 N–H and O–H groups in total. The van der Waals surface area contributed by atoms with Gasteiger partial charge in [-0.05, 0) is 59.9 Å². The lowest BCUT2D eigenvalue weighted by Crippen LogP contribution is -2.05. The Labute approximate surface area is 194 Å². The molecule has 168 valence electrons. The van der Waals surface area contributed by atoms with Crippen LogP contribution in [0.4, 0.5) is 0 Å². The topological polar surface area (TPSA) is 57.1 Å². The molecule has 0 saturated carbocycles. The summed E-state index contributed by atoms with van der Waals surface area (Å²) in [4.78, 5) is 16.8. The fourth-order valence-electron chi connectivity index (χ4n) is 3.44. The Hall–Kier alpha value is -3.86. The summed E-state index contributed by atoms with van der Waals surface area (Å²) in [5.74, 6) is 1.48. The molecule has 5 heteroatoms. The average molecular weight is 442 g/mol. The molecule has 0 bridgehead atoms. The van der Waals surface area contributed by atoms with Crippen molar-refractivity contribution >= 4 is 17.9 Å². The van der Waals surface area contributed by atoms with Crippen LogP contribution in [0.5, 0.6) is 11.5 Å². The second-order valence-corrected chi connectivity index (χ2v) is 8.30. The highest BCUT2D eigenvalue weighted by Crippen LogP contribution is 2.30. The molecule has 0 radical (unpaired) electrons. The molecule has 0 unspecified atom stereocenters. The van der Waals surface area contributed by atoms with Gasteiger partial charge in [0.1, 0.15) is 6.61 Å². The third kappa shape index (κ3) is 5.32. The van der Waals surface area contributed by atoms with Gasteiger partial charge in [0.2, 0.25) is 5.90 Å². The molecule has 1 aliphatic heterocycles. The monoisotopic (exact) mass is 441 g/mol. The van der Waals surface area contributed by atoms with Crippen molar-refractivity contribution in [3.8, 4) is 11.5 Å². The van der Waals surface area contributed by atoms with E-state index in [0.717, 1.165) is 16.7 Å². The number of ether oxygens (including phenoxy) is 3. The molecule has 0 fully saturated rings. The Morgan fingerprint density at radius 3 is 2.36 bits per heavy atom. The van der Waals surface area contributed by atoms with Crippen molar-refractivity contribution in [3.05, 3.63) is 100 Å². The van der Waals surface area contributed by atoms with Crippen molar-refractivity contribution in [1.29, 1.82) is 0 Å². The van der Waals surface area contributed by atoms with Gasteiger partial charge in [0.05, 0.1) is 7.11 Å². The van der Waals surface area contributed by atoms with E-state index in [0.29, 0.717) is 29.9 Å². The minimum absolute atomic E-state index is 0.244. The summed E-state index contributed by atoms with van der Waals surface area (Å²) < 4.78 is 16.8. The fraction of sp³-hybridized carbons (Fsp3) is 0.214. The standard InChI is InChI=1S/C28H27NO4/c1-18(2)22-10-12-23(13-11-22)27-29-24(28(30)33-27)15-21-9-14-25(26(16-21)31-4)32-17-20-7-5-19(3)6-8-20/h5-16,18H,17H2,1-4H3/b24-15-. The van der Waals surface area contributed by atoms with Crippen LogP contribution in [0.15, 0.2) is 77.4 Å². The molecule has 0 aromatic heterocycles. The normalized spacial score (nSPS) is 14.4. The van der Waals surface area contributed by atoms with Crippen LogP contribution in [0, 0.1) is 6.92 Å². The van der Waals surface area contributed by atoms with Gasteiger partial charge < -0.3 is 14.2 Å². The first kappa shape index (κ1) is 22.3. The minimum atomic E-state index is -0.475. The Morgan fingerprint density at radius 2 is 1.70 bits per heavy atom. The molecule has 3 aromatic carbocycles. The van der Waals surface area contributed by atoms with Gasteiger partial charge in [0.15, 0.2) is 17.2 Å². The van der Waals surface area contributed by atoms with Gasteiger partial charge in [-0.15, -0.1) is 0 Å². The molecule has 0 aliphatic carbocycles. The number of cyclic esters (lactones) is 1. The Morgan fingerprint density at radius 1 is 0.970 bits per heavy atom. The highest BCUT2D eigenvalue weighted by Gasteiger charge is 2.24. The van der Waals surface area contributed by atoms with E-state index in [1.165, 1.54) is 11.1 Å². The zero-order chi connectivity index (χ0) is 23.4. The van der Waals surface area contributed by atoms with Gasteiger partial charge in [-0.2, -0.15) is 0 Å². The van der Waals surface area contributed by atoms with E-state index in [-0.39, 0.29) is 5.70 Å². The molecule has 5 nitrogen and oxygen atoms in total. The highest BCUT2D eigenvalue weighted by molar-refractivity contribution is 6.12. The zero-order valence-electron chi connectivity index (χ0n) is 19.3. The number of aryl methyl sites for hydroxylation is 1. The lowest BCUT2D eigenvalue weighted by molar-refractivity contribution is -0.129. The van der Waals surface area contributed by atoms with Crippen LogP contribution in [0.3, 0.4) is 0 Å². The van der Waals surface area contributed by atoms with E-state index in [9.17, 15) is 4.79 Å². The predicted octanol–water partition coefficient (Wildman–Crippen LogP) is 6.05. The van der Waals surface area contributed by atoms with E-state index in [2.05, 4.69) is 37.9 Å². The van der Waals surface area contributed by atoms with E-state index >= 15 is 0 Å². The van der Waals surface area contributed by atoms with Crippen LogP contribution in [-0.2, 0) is 16.1 Å². The summed E-state index contributed by atoms with van der Waals surface area (Å²) in [7, 11) is 1.59. The molecule has 1 aliphatic rings. The molecule has 0 spiro atoms. The van der Waals surface area contributed by atoms with E-state index in [1.54, 1.807) is 13.2 Å². The highest BCUT2D eigenvalue weighted by atomic mass is 16.6. The maximum atomic E-state index is 12.4. The van der Waals surface area contributed by atoms with E-state index < -0.39 is 5.97 Å². The number of hydrogen-bond donors (Lipinski definition) is 0. The number of carbonyl (C=O) groups is 1. The molecular weight excluding hydrogens is 414 g/mol. The molecule has 4 rings (SSSR count). The number of nitrogens with zero attached hydrogens (tertiary/aromatic N) is 1. The first-order valence-corrected chi connectivity index (χ1v) is 10.9. The summed E-state index contributed by atoms with van der Waals surface area (Å²) in [6, 6.07) is 21.6. The Kier molecular flexibility index (Phi) is 6.59. The number of carbonyl (C=O) groups excluding carboxylic acids is 1. The quantitative estimate of drug-likeness (QED) is 0.331. The van der Waals surface area contributed by atoms with Crippen molar-refractivity contribution in [1.82, 2.24) is 0 Å². The maximum Gasteiger partial charge on any atom is 0.363 e. The number of benzene rings is 3. The maximum absolute atomic E-state index is 12.4. The van der Waals surface area contributed by atoms with Gasteiger partial charge >= 0.3 is 5.97 Å². The van der Waals surface area contributed by atoms with Crippen LogP contribution in [-0.4, -0.2) is 19.0 Å². The van der Waals surface area contributed by atoms with Crippen LogP contribution in [0.25, 0.3) is 6.08 Å². The first-order valence-electron chi connectivity index (χ1n) is 10.9. The Bertz CT molecular complexity index is 1210. The average Bonchev–Trinajstić information content (AvgIpc) is 3.19. The van der Waals surface area contributed by atoms with Crippen LogP contribution in [0.1, 0.15) is 47.6 Å². The molecule has 0 saturated heterocycles. The number of esters is 1. The Balaban J connectivity index is 1.51. The summed E-state index contributed by atoms with van der Waals surface area (Å²) in [5, 5.41) is 0. The second-order valence-electron chi connectivity index (χ2n) is 8.30. The smallest absolute Gasteiger partial charge is 0.363 e. The lowest BCUT2D eigenvalue weighted by atomic mass is 10.0.